The van der Waals surface area contributed by atoms with Crippen LogP contribution >= 0.6 is 0 Å². The third-order valence-corrected chi connectivity index (χ3v) is 4.41. The summed E-state index contributed by atoms with van der Waals surface area (Å²) in [7, 11) is 0. The zero-order valence-electron chi connectivity index (χ0n) is 12.9. The molecule has 2 aromatic carbocycles. The van der Waals surface area contributed by atoms with Crippen LogP contribution in [0, 0.1) is 0 Å². The molecule has 1 aliphatic heterocycles. The summed E-state index contributed by atoms with van der Waals surface area (Å²) in [6, 6.07) is 15.7. The minimum absolute atomic E-state index is 0.359. The SMILES string of the molecule is Oc1ccccc1N1CCN(Cc2nc3ccccc3[nH]2)CC1. The van der Waals surface area contributed by atoms with Gasteiger partial charge in [-0.1, -0.05) is 24.3 Å². The van der Waals surface area contributed by atoms with Crippen LogP contribution in [0.1, 0.15) is 5.82 Å². The Morgan fingerprint density at radius 1 is 0.957 bits per heavy atom. The van der Waals surface area contributed by atoms with Crippen molar-refractivity contribution in [3.8, 4) is 5.75 Å². The van der Waals surface area contributed by atoms with Crippen LogP contribution < -0.4 is 4.90 Å². The number of aromatic nitrogens is 2. The van der Waals surface area contributed by atoms with Gasteiger partial charge in [0.05, 0.1) is 23.3 Å². The topological polar surface area (TPSA) is 55.4 Å². The predicted molar refractivity (Wildman–Crippen MR) is 91.7 cm³/mol. The number of nitrogens with zero attached hydrogens (tertiary/aromatic N) is 3. The largest absolute Gasteiger partial charge is 0.506 e. The standard InChI is InChI=1S/C18H20N4O/c23-17-8-4-3-7-16(17)22-11-9-21(10-12-22)13-18-19-14-5-1-2-6-15(14)20-18/h1-8,23H,9-13H2,(H,19,20). The number of H-pyrrole nitrogens is 1. The lowest BCUT2D eigenvalue weighted by molar-refractivity contribution is 0.244. The first-order chi connectivity index (χ1) is 11.3. The Bertz CT molecular complexity index is 772. The van der Waals surface area contributed by atoms with E-state index in [2.05, 4.69) is 25.8 Å². The number of anilines is 1. The van der Waals surface area contributed by atoms with Crippen LogP contribution in [0.4, 0.5) is 5.69 Å². The Kier molecular flexibility index (Phi) is 3.63. The van der Waals surface area contributed by atoms with Crippen LogP contribution in [0.15, 0.2) is 48.5 Å². The second-order valence-corrected chi connectivity index (χ2v) is 5.95. The predicted octanol–water partition coefficient (Wildman–Crippen LogP) is 2.59. The van der Waals surface area contributed by atoms with E-state index in [-0.39, 0.29) is 0 Å². The zero-order chi connectivity index (χ0) is 15.6. The number of nitrogens with one attached hydrogen (secondary N) is 1. The number of aromatic hydroxyl groups is 1. The van der Waals surface area contributed by atoms with Crippen LogP contribution in [0.25, 0.3) is 11.0 Å². The van der Waals surface area contributed by atoms with Gasteiger partial charge in [0.1, 0.15) is 11.6 Å². The molecule has 0 aliphatic carbocycles. The molecule has 0 spiro atoms. The maximum absolute atomic E-state index is 9.97. The number of phenols is 1. The molecule has 3 aromatic rings. The smallest absolute Gasteiger partial charge is 0.138 e. The second-order valence-electron chi connectivity index (χ2n) is 5.95. The molecule has 5 nitrogen and oxygen atoms in total. The first-order valence-electron chi connectivity index (χ1n) is 7.98. The number of fused-ring (bicyclic) bond motifs is 1. The van der Waals surface area contributed by atoms with Crippen LogP contribution in [0.5, 0.6) is 5.75 Å². The summed E-state index contributed by atoms with van der Waals surface area (Å²) in [4.78, 5) is 12.7. The fraction of sp³-hybridized carbons (Fsp3) is 0.278. The van der Waals surface area contributed by atoms with Gasteiger partial charge >= 0.3 is 0 Å². The highest BCUT2D eigenvalue weighted by Gasteiger charge is 2.19. The fourth-order valence-electron chi connectivity index (χ4n) is 3.17. The molecule has 2 N–H and O–H groups in total. The van der Waals surface area contributed by atoms with E-state index in [0.717, 1.165) is 55.3 Å². The Hall–Kier alpha value is -2.53. The van der Waals surface area contributed by atoms with Crippen molar-refractivity contribution < 1.29 is 5.11 Å². The number of benzene rings is 2. The molecule has 118 valence electrons. The molecule has 5 heteroatoms. The molecule has 1 saturated heterocycles. The summed E-state index contributed by atoms with van der Waals surface area (Å²) >= 11 is 0. The lowest BCUT2D eigenvalue weighted by Gasteiger charge is -2.35. The van der Waals surface area contributed by atoms with Crippen LogP contribution in [-0.4, -0.2) is 46.2 Å². The van der Waals surface area contributed by atoms with E-state index in [1.165, 1.54) is 0 Å². The quantitative estimate of drug-likeness (QED) is 0.781. The Labute approximate surface area is 135 Å². The fourth-order valence-corrected chi connectivity index (χ4v) is 3.17. The van der Waals surface area contributed by atoms with Crippen molar-refractivity contribution in [3.05, 3.63) is 54.4 Å². The lowest BCUT2D eigenvalue weighted by Crippen LogP contribution is -2.46. The van der Waals surface area contributed by atoms with E-state index in [1.54, 1.807) is 6.07 Å². The first-order valence-corrected chi connectivity index (χ1v) is 7.98. The number of piperazine rings is 1. The zero-order valence-corrected chi connectivity index (χ0v) is 12.9. The van der Waals surface area contributed by atoms with E-state index in [0.29, 0.717) is 5.75 Å². The van der Waals surface area contributed by atoms with E-state index in [1.807, 2.05) is 36.4 Å². The molecule has 0 saturated carbocycles. The highest BCUT2D eigenvalue weighted by molar-refractivity contribution is 5.74. The van der Waals surface area contributed by atoms with Crippen LogP contribution in [-0.2, 0) is 6.54 Å². The molecule has 4 rings (SSSR count). The van der Waals surface area contributed by atoms with Crippen LogP contribution in [0.3, 0.4) is 0 Å². The summed E-state index contributed by atoms with van der Waals surface area (Å²) in [5.41, 5.74) is 3.04. The molecule has 23 heavy (non-hydrogen) atoms. The lowest BCUT2D eigenvalue weighted by atomic mass is 10.2. The Balaban J connectivity index is 1.41. The average Bonchev–Trinajstić information content (AvgIpc) is 2.98. The maximum atomic E-state index is 9.97. The third kappa shape index (κ3) is 2.87. The molecular weight excluding hydrogens is 288 g/mol. The van der Waals surface area contributed by atoms with Gasteiger partial charge in [-0.05, 0) is 24.3 Å². The molecule has 0 atom stereocenters. The summed E-state index contributed by atoms with van der Waals surface area (Å²) in [6.45, 7) is 4.59. The molecule has 2 heterocycles. The van der Waals surface area contributed by atoms with Crippen molar-refractivity contribution in [1.82, 2.24) is 14.9 Å². The Morgan fingerprint density at radius 2 is 1.70 bits per heavy atom. The van der Waals surface area contributed by atoms with Crippen molar-refractivity contribution in [1.29, 1.82) is 0 Å². The molecule has 0 radical (unpaired) electrons. The Morgan fingerprint density at radius 3 is 2.48 bits per heavy atom. The van der Waals surface area contributed by atoms with Gasteiger partial charge in [0, 0.05) is 26.2 Å². The van der Waals surface area contributed by atoms with E-state index in [9.17, 15) is 5.11 Å². The highest BCUT2D eigenvalue weighted by Crippen LogP contribution is 2.27. The number of aromatic amines is 1. The van der Waals surface area contributed by atoms with Gasteiger partial charge < -0.3 is 15.0 Å². The summed E-state index contributed by atoms with van der Waals surface area (Å²) < 4.78 is 0. The van der Waals surface area contributed by atoms with Gasteiger partial charge in [-0.2, -0.15) is 0 Å². The summed E-state index contributed by atoms with van der Waals surface area (Å²) in [6.07, 6.45) is 0. The van der Waals surface area contributed by atoms with Gasteiger partial charge in [0.25, 0.3) is 0 Å². The average molecular weight is 308 g/mol. The summed E-state index contributed by atoms with van der Waals surface area (Å²) in [5, 5.41) is 9.97. The van der Waals surface area contributed by atoms with Gasteiger partial charge in [0.15, 0.2) is 0 Å². The number of phenolic OH excluding ortho intramolecular Hbond substituents is 1. The highest BCUT2D eigenvalue weighted by atomic mass is 16.3. The van der Waals surface area contributed by atoms with E-state index in [4.69, 9.17) is 0 Å². The second kappa shape index (κ2) is 5.93. The van der Waals surface area contributed by atoms with Gasteiger partial charge in [-0.25, -0.2) is 4.98 Å². The van der Waals surface area contributed by atoms with E-state index < -0.39 is 0 Å². The number of imidazole rings is 1. The van der Waals surface area contributed by atoms with Crippen molar-refractivity contribution in [2.24, 2.45) is 0 Å². The molecule has 1 aromatic heterocycles. The minimum Gasteiger partial charge on any atom is -0.506 e. The minimum atomic E-state index is 0.359. The van der Waals surface area contributed by atoms with Crippen molar-refractivity contribution >= 4 is 16.7 Å². The van der Waals surface area contributed by atoms with Gasteiger partial charge in [-0.3, -0.25) is 4.90 Å². The summed E-state index contributed by atoms with van der Waals surface area (Å²) in [5.74, 6) is 1.38. The van der Waals surface area contributed by atoms with Crippen molar-refractivity contribution in [2.75, 3.05) is 31.1 Å². The molecule has 0 amide bonds. The molecule has 1 aliphatic rings. The maximum Gasteiger partial charge on any atom is 0.138 e. The van der Waals surface area contributed by atoms with Crippen molar-refractivity contribution in [3.63, 3.8) is 0 Å². The number of hydrogen-bond donors (Lipinski definition) is 2. The molecule has 1 fully saturated rings. The number of para-hydroxylation sites is 4. The van der Waals surface area contributed by atoms with Gasteiger partial charge in [-0.15, -0.1) is 0 Å². The number of rotatable bonds is 3. The molecule has 0 unspecified atom stereocenters. The van der Waals surface area contributed by atoms with Crippen molar-refractivity contribution in [2.45, 2.75) is 6.54 Å². The molecular formula is C18H20N4O. The van der Waals surface area contributed by atoms with E-state index >= 15 is 0 Å². The molecule has 0 bridgehead atoms. The number of hydrogen-bond acceptors (Lipinski definition) is 4. The third-order valence-electron chi connectivity index (χ3n) is 4.41. The normalized spacial score (nSPS) is 16.1. The van der Waals surface area contributed by atoms with Crippen LogP contribution in [0.2, 0.25) is 0 Å². The van der Waals surface area contributed by atoms with Gasteiger partial charge in [0.2, 0.25) is 0 Å². The monoisotopic (exact) mass is 308 g/mol. The first kappa shape index (κ1) is 14.1.